The molecule has 0 atom stereocenters. The highest BCUT2D eigenvalue weighted by atomic mass is 19.1. The number of rotatable bonds is 3. The third kappa shape index (κ3) is 2.86. The van der Waals surface area contributed by atoms with Crippen LogP contribution in [-0.4, -0.2) is 0 Å². The van der Waals surface area contributed by atoms with Gasteiger partial charge in [0.2, 0.25) is 0 Å². The van der Waals surface area contributed by atoms with E-state index in [4.69, 9.17) is 5.26 Å². The highest BCUT2D eigenvalue weighted by Crippen LogP contribution is 2.14. The summed E-state index contributed by atoms with van der Waals surface area (Å²) in [5.74, 6) is -0.207. The maximum Gasteiger partial charge on any atom is 0.128 e. The molecule has 3 heteroatoms. The van der Waals surface area contributed by atoms with E-state index in [9.17, 15) is 4.39 Å². The summed E-state index contributed by atoms with van der Waals surface area (Å²) in [5.41, 5.74) is 3.16. The Balaban J connectivity index is 2.07. The van der Waals surface area contributed by atoms with Crippen molar-refractivity contribution in [1.29, 1.82) is 5.26 Å². The van der Waals surface area contributed by atoms with E-state index in [1.165, 1.54) is 6.07 Å². The van der Waals surface area contributed by atoms with Gasteiger partial charge in [0.25, 0.3) is 0 Å². The summed E-state index contributed by atoms with van der Waals surface area (Å²) in [6.45, 7) is 2.37. The molecule has 0 fully saturated rings. The molecule has 1 N–H and O–H groups in total. The van der Waals surface area contributed by atoms with E-state index in [0.717, 1.165) is 11.3 Å². The molecule has 0 saturated heterocycles. The lowest BCUT2D eigenvalue weighted by atomic mass is 10.1. The molecule has 90 valence electrons. The Morgan fingerprint density at radius 1 is 1.17 bits per heavy atom. The summed E-state index contributed by atoms with van der Waals surface area (Å²) >= 11 is 0. The number of nitrogens with one attached hydrogen (secondary N) is 1. The number of halogens is 1. The van der Waals surface area contributed by atoms with Crippen molar-refractivity contribution in [3.05, 3.63) is 65.0 Å². The first-order valence-electron chi connectivity index (χ1n) is 5.68. The average molecular weight is 240 g/mol. The third-order valence-electron chi connectivity index (χ3n) is 2.70. The van der Waals surface area contributed by atoms with E-state index in [-0.39, 0.29) is 5.82 Å². The quantitative estimate of drug-likeness (QED) is 0.889. The SMILES string of the molecule is Cc1ccc(F)c(CNc2ccc(C#N)cc2)c1. The molecule has 18 heavy (non-hydrogen) atoms. The number of nitriles is 1. The molecule has 2 aromatic carbocycles. The summed E-state index contributed by atoms with van der Waals surface area (Å²) in [6, 6.07) is 14.2. The molecule has 2 rings (SSSR count). The first kappa shape index (κ1) is 12.1. The summed E-state index contributed by atoms with van der Waals surface area (Å²) in [4.78, 5) is 0. The monoisotopic (exact) mass is 240 g/mol. The van der Waals surface area contributed by atoms with Crippen LogP contribution in [0.5, 0.6) is 0 Å². The van der Waals surface area contributed by atoms with Gasteiger partial charge in [-0.1, -0.05) is 17.7 Å². The minimum Gasteiger partial charge on any atom is -0.381 e. The van der Waals surface area contributed by atoms with Crippen molar-refractivity contribution in [2.75, 3.05) is 5.32 Å². The predicted molar refractivity (Wildman–Crippen MR) is 69.6 cm³/mol. The number of aryl methyl sites for hydroxylation is 1. The van der Waals surface area contributed by atoms with Crippen LogP contribution >= 0.6 is 0 Å². The Labute approximate surface area is 106 Å². The molecular weight excluding hydrogens is 227 g/mol. The maximum absolute atomic E-state index is 13.5. The van der Waals surface area contributed by atoms with E-state index in [1.54, 1.807) is 18.2 Å². The van der Waals surface area contributed by atoms with Gasteiger partial charge in [0.05, 0.1) is 11.6 Å². The minimum atomic E-state index is -0.207. The Morgan fingerprint density at radius 3 is 2.56 bits per heavy atom. The molecular formula is C15H13FN2. The van der Waals surface area contributed by atoms with E-state index < -0.39 is 0 Å². The van der Waals surface area contributed by atoms with Crippen molar-refractivity contribution in [2.45, 2.75) is 13.5 Å². The molecule has 0 aliphatic heterocycles. The summed E-state index contributed by atoms with van der Waals surface area (Å²) in [7, 11) is 0. The first-order valence-corrected chi connectivity index (χ1v) is 5.68. The highest BCUT2D eigenvalue weighted by molar-refractivity contribution is 5.47. The van der Waals surface area contributed by atoms with Crippen LogP contribution in [0.2, 0.25) is 0 Å². The minimum absolute atomic E-state index is 0.207. The summed E-state index contributed by atoms with van der Waals surface area (Å²) in [5, 5.41) is 11.8. The van der Waals surface area contributed by atoms with Gasteiger partial charge < -0.3 is 5.32 Å². The van der Waals surface area contributed by atoms with Gasteiger partial charge in [-0.2, -0.15) is 5.26 Å². The Morgan fingerprint density at radius 2 is 1.89 bits per heavy atom. The fourth-order valence-electron chi connectivity index (χ4n) is 1.70. The number of benzene rings is 2. The fraction of sp³-hybridized carbons (Fsp3) is 0.133. The summed E-state index contributed by atoms with van der Waals surface area (Å²) in [6.07, 6.45) is 0. The molecule has 0 unspecified atom stereocenters. The molecule has 0 heterocycles. The zero-order valence-electron chi connectivity index (χ0n) is 10.1. The van der Waals surface area contributed by atoms with Gasteiger partial charge in [-0.05, 0) is 37.3 Å². The second kappa shape index (κ2) is 5.33. The molecule has 2 nitrogen and oxygen atoms in total. The average Bonchev–Trinajstić information content (AvgIpc) is 2.40. The van der Waals surface area contributed by atoms with Gasteiger partial charge in [0.1, 0.15) is 5.82 Å². The van der Waals surface area contributed by atoms with E-state index in [0.29, 0.717) is 17.7 Å². The van der Waals surface area contributed by atoms with Crippen LogP contribution in [0.25, 0.3) is 0 Å². The van der Waals surface area contributed by atoms with Gasteiger partial charge in [-0.3, -0.25) is 0 Å². The second-order valence-corrected chi connectivity index (χ2v) is 4.14. The molecule has 2 aromatic rings. The number of hydrogen-bond acceptors (Lipinski definition) is 2. The van der Waals surface area contributed by atoms with Gasteiger partial charge in [-0.25, -0.2) is 4.39 Å². The van der Waals surface area contributed by atoms with Crippen LogP contribution in [0.3, 0.4) is 0 Å². The Kier molecular flexibility index (Phi) is 3.59. The smallest absolute Gasteiger partial charge is 0.128 e. The highest BCUT2D eigenvalue weighted by Gasteiger charge is 2.02. The zero-order chi connectivity index (χ0) is 13.0. The van der Waals surface area contributed by atoms with Gasteiger partial charge in [0.15, 0.2) is 0 Å². The van der Waals surface area contributed by atoms with Crippen molar-refractivity contribution < 1.29 is 4.39 Å². The third-order valence-corrected chi connectivity index (χ3v) is 2.70. The molecule has 0 bridgehead atoms. The van der Waals surface area contributed by atoms with E-state index >= 15 is 0 Å². The van der Waals surface area contributed by atoms with Crippen molar-refractivity contribution in [3.8, 4) is 6.07 Å². The van der Waals surface area contributed by atoms with E-state index in [1.807, 2.05) is 25.1 Å². The normalized spacial score (nSPS) is 9.83. The van der Waals surface area contributed by atoms with Crippen molar-refractivity contribution in [2.24, 2.45) is 0 Å². The topological polar surface area (TPSA) is 35.8 Å². The molecule has 0 amide bonds. The zero-order valence-corrected chi connectivity index (χ0v) is 10.1. The number of anilines is 1. The van der Waals surface area contributed by atoms with Crippen LogP contribution < -0.4 is 5.32 Å². The largest absolute Gasteiger partial charge is 0.381 e. The van der Waals surface area contributed by atoms with Crippen LogP contribution in [-0.2, 0) is 6.54 Å². The first-order chi connectivity index (χ1) is 8.69. The Bertz CT molecular complexity index is 582. The molecule has 0 aliphatic carbocycles. The number of hydrogen-bond donors (Lipinski definition) is 1. The van der Waals surface area contributed by atoms with Crippen LogP contribution in [0.1, 0.15) is 16.7 Å². The van der Waals surface area contributed by atoms with Crippen LogP contribution in [0.4, 0.5) is 10.1 Å². The molecule has 0 spiro atoms. The standard InChI is InChI=1S/C15H13FN2/c1-11-2-7-15(16)13(8-11)10-18-14-5-3-12(9-17)4-6-14/h2-8,18H,10H2,1H3. The maximum atomic E-state index is 13.5. The van der Waals surface area contributed by atoms with E-state index in [2.05, 4.69) is 11.4 Å². The predicted octanol–water partition coefficient (Wildman–Crippen LogP) is 3.62. The molecule has 0 radical (unpaired) electrons. The van der Waals surface area contributed by atoms with Crippen molar-refractivity contribution >= 4 is 5.69 Å². The molecule has 0 saturated carbocycles. The second-order valence-electron chi connectivity index (χ2n) is 4.14. The van der Waals surface area contributed by atoms with Gasteiger partial charge >= 0.3 is 0 Å². The lowest BCUT2D eigenvalue weighted by molar-refractivity contribution is 0.612. The lowest BCUT2D eigenvalue weighted by Crippen LogP contribution is -2.02. The summed E-state index contributed by atoms with van der Waals surface area (Å²) < 4.78 is 13.5. The van der Waals surface area contributed by atoms with Crippen molar-refractivity contribution in [1.82, 2.24) is 0 Å². The van der Waals surface area contributed by atoms with Gasteiger partial charge in [0, 0.05) is 17.8 Å². The molecule has 0 aromatic heterocycles. The lowest BCUT2D eigenvalue weighted by Gasteiger charge is -2.08. The Hall–Kier alpha value is -2.34. The number of nitrogens with zero attached hydrogens (tertiary/aromatic N) is 1. The fourth-order valence-corrected chi connectivity index (χ4v) is 1.70. The van der Waals surface area contributed by atoms with Crippen LogP contribution in [0, 0.1) is 24.1 Å². The molecule has 0 aliphatic rings. The van der Waals surface area contributed by atoms with Crippen molar-refractivity contribution in [3.63, 3.8) is 0 Å². The van der Waals surface area contributed by atoms with Gasteiger partial charge in [-0.15, -0.1) is 0 Å². The van der Waals surface area contributed by atoms with Crippen LogP contribution in [0.15, 0.2) is 42.5 Å².